The summed E-state index contributed by atoms with van der Waals surface area (Å²) in [7, 11) is 0. The molecule has 2 aromatic heterocycles. The molecule has 3 N–H and O–H groups in total. The Morgan fingerprint density at radius 2 is 2.10 bits per heavy atom. The number of nitrogens with zero attached hydrogens (tertiary/aromatic N) is 2. The Morgan fingerprint density at radius 3 is 2.71 bits per heavy atom. The average Bonchev–Trinajstić information content (AvgIpc) is 2.93. The van der Waals surface area contributed by atoms with Crippen LogP contribution in [0.3, 0.4) is 0 Å². The Morgan fingerprint density at radius 1 is 1.38 bits per heavy atom. The predicted molar refractivity (Wildman–Crippen MR) is 85.4 cm³/mol. The quantitative estimate of drug-likeness (QED) is 0.890. The van der Waals surface area contributed by atoms with Crippen LogP contribution in [-0.4, -0.2) is 15.9 Å². The first-order valence-corrected chi connectivity index (χ1v) is 7.81. The third kappa shape index (κ3) is 3.78. The van der Waals surface area contributed by atoms with Gasteiger partial charge in [0.15, 0.2) is 5.69 Å². The first-order valence-electron chi connectivity index (χ1n) is 6.99. The van der Waals surface area contributed by atoms with Crippen LogP contribution in [0.25, 0.3) is 0 Å². The van der Waals surface area contributed by atoms with E-state index in [9.17, 15) is 4.79 Å². The van der Waals surface area contributed by atoms with Crippen molar-refractivity contribution in [1.82, 2.24) is 15.3 Å². The number of hydrogen-bond donors (Lipinski definition) is 2. The fourth-order valence-corrected chi connectivity index (χ4v) is 2.72. The van der Waals surface area contributed by atoms with E-state index in [1.54, 1.807) is 11.3 Å². The van der Waals surface area contributed by atoms with Crippen molar-refractivity contribution in [3.05, 3.63) is 39.6 Å². The maximum Gasteiger partial charge on any atom is 0.272 e. The van der Waals surface area contributed by atoms with Crippen molar-refractivity contribution in [3.8, 4) is 0 Å². The number of amides is 1. The van der Waals surface area contributed by atoms with E-state index in [0.29, 0.717) is 18.1 Å². The molecule has 0 bridgehead atoms. The summed E-state index contributed by atoms with van der Waals surface area (Å²) in [6, 6.07) is 4.12. The highest BCUT2D eigenvalue weighted by Crippen LogP contribution is 2.17. The number of hydrogen-bond acceptors (Lipinski definition) is 5. The van der Waals surface area contributed by atoms with E-state index in [2.05, 4.69) is 28.3 Å². The van der Waals surface area contributed by atoms with E-state index < -0.39 is 0 Å². The molecule has 112 valence electrons. The SMILES string of the molecule is CCc1ccc(CNC(=O)c2nc(C(C)C)ncc2N)s1. The highest BCUT2D eigenvalue weighted by atomic mass is 32.1. The second-order valence-electron chi connectivity index (χ2n) is 5.09. The maximum atomic E-state index is 12.2. The van der Waals surface area contributed by atoms with Crippen molar-refractivity contribution in [2.24, 2.45) is 0 Å². The molecule has 21 heavy (non-hydrogen) atoms. The van der Waals surface area contributed by atoms with Gasteiger partial charge in [-0.2, -0.15) is 0 Å². The van der Waals surface area contributed by atoms with Crippen LogP contribution in [0.4, 0.5) is 5.69 Å². The van der Waals surface area contributed by atoms with Gasteiger partial charge in [-0.15, -0.1) is 11.3 Å². The minimum absolute atomic E-state index is 0.154. The number of nitrogen functional groups attached to an aromatic ring is 1. The number of nitrogens with one attached hydrogen (secondary N) is 1. The van der Waals surface area contributed by atoms with Crippen LogP contribution in [0.2, 0.25) is 0 Å². The molecule has 0 fully saturated rings. The number of rotatable bonds is 5. The summed E-state index contributed by atoms with van der Waals surface area (Å²) >= 11 is 1.70. The zero-order valence-electron chi connectivity index (χ0n) is 12.5. The van der Waals surface area contributed by atoms with Gasteiger partial charge in [-0.3, -0.25) is 4.79 Å². The van der Waals surface area contributed by atoms with E-state index in [4.69, 9.17) is 5.73 Å². The van der Waals surface area contributed by atoms with Gasteiger partial charge in [-0.25, -0.2) is 9.97 Å². The molecule has 0 atom stereocenters. The Labute approximate surface area is 128 Å². The molecule has 2 aromatic rings. The van der Waals surface area contributed by atoms with E-state index >= 15 is 0 Å². The van der Waals surface area contributed by atoms with Gasteiger partial charge >= 0.3 is 0 Å². The molecule has 0 unspecified atom stereocenters. The van der Waals surface area contributed by atoms with Crippen LogP contribution in [0, 0.1) is 0 Å². The molecule has 6 heteroatoms. The smallest absolute Gasteiger partial charge is 0.272 e. The fourth-order valence-electron chi connectivity index (χ4n) is 1.82. The lowest BCUT2D eigenvalue weighted by molar-refractivity contribution is 0.0947. The maximum absolute atomic E-state index is 12.2. The Hall–Kier alpha value is -1.95. The monoisotopic (exact) mass is 304 g/mol. The number of carbonyl (C=O) groups is 1. The van der Waals surface area contributed by atoms with Crippen molar-refractivity contribution < 1.29 is 4.79 Å². The average molecular weight is 304 g/mol. The summed E-state index contributed by atoms with van der Waals surface area (Å²) in [4.78, 5) is 23.0. The highest BCUT2D eigenvalue weighted by molar-refractivity contribution is 7.11. The third-order valence-electron chi connectivity index (χ3n) is 3.06. The van der Waals surface area contributed by atoms with Crippen LogP contribution >= 0.6 is 11.3 Å². The van der Waals surface area contributed by atoms with Gasteiger partial charge in [0.05, 0.1) is 18.4 Å². The number of aromatic nitrogens is 2. The summed E-state index contributed by atoms with van der Waals surface area (Å²) in [6.45, 7) is 6.56. The lowest BCUT2D eigenvalue weighted by Crippen LogP contribution is -2.25. The normalized spacial score (nSPS) is 10.9. The minimum atomic E-state index is -0.261. The zero-order chi connectivity index (χ0) is 15.4. The van der Waals surface area contributed by atoms with E-state index in [1.807, 2.05) is 19.9 Å². The van der Waals surface area contributed by atoms with Crippen molar-refractivity contribution in [2.75, 3.05) is 5.73 Å². The van der Waals surface area contributed by atoms with Gasteiger partial charge in [0.1, 0.15) is 5.82 Å². The largest absolute Gasteiger partial charge is 0.396 e. The van der Waals surface area contributed by atoms with Crippen LogP contribution < -0.4 is 11.1 Å². The highest BCUT2D eigenvalue weighted by Gasteiger charge is 2.15. The molecule has 0 saturated heterocycles. The van der Waals surface area contributed by atoms with E-state index in [0.717, 1.165) is 11.3 Å². The molecule has 0 aliphatic heterocycles. The standard InChI is InChI=1S/C15H20N4OS/c1-4-10-5-6-11(21-10)7-18-15(20)13-12(16)8-17-14(19-13)9(2)3/h5-6,8-9H,4,7,16H2,1-3H3,(H,18,20). The second-order valence-corrected chi connectivity index (χ2v) is 6.34. The number of nitrogens with two attached hydrogens (primary N) is 1. The minimum Gasteiger partial charge on any atom is -0.396 e. The first kappa shape index (κ1) is 15.4. The van der Waals surface area contributed by atoms with Gasteiger partial charge in [-0.05, 0) is 18.6 Å². The van der Waals surface area contributed by atoms with Gasteiger partial charge < -0.3 is 11.1 Å². The number of thiophene rings is 1. The molecule has 5 nitrogen and oxygen atoms in total. The lowest BCUT2D eigenvalue weighted by Gasteiger charge is -2.09. The molecule has 0 saturated carbocycles. The lowest BCUT2D eigenvalue weighted by atomic mass is 10.2. The van der Waals surface area contributed by atoms with Crippen molar-refractivity contribution in [1.29, 1.82) is 0 Å². The Bertz CT molecular complexity index is 636. The van der Waals surface area contributed by atoms with Crippen LogP contribution in [0.5, 0.6) is 0 Å². The molecular weight excluding hydrogens is 284 g/mol. The van der Waals surface area contributed by atoms with Gasteiger partial charge in [0.2, 0.25) is 0 Å². The molecule has 1 amide bonds. The van der Waals surface area contributed by atoms with Crippen molar-refractivity contribution in [3.63, 3.8) is 0 Å². The molecule has 0 aromatic carbocycles. The van der Waals surface area contributed by atoms with Crippen molar-refractivity contribution >= 4 is 22.9 Å². The van der Waals surface area contributed by atoms with Gasteiger partial charge in [0.25, 0.3) is 5.91 Å². The molecule has 2 heterocycles. The van der Waals surface area contributed by atoms with Crippen LogP contribution in [-0.2, 0) is 13.0 Å². The van der Waals surface area contributed by atoms with Gasteiger partial charge in [-0.1, -0.05) is 20.8 Å². The number of carbonyl (C=O) groups excluding carboxylic acids is 1. The van der Waals surface area contributed by atoms with E-state index in [-0.39, 0.29) is 17.5 Å². The van der Waals surface area contributed by atoms with Gasteiger partial charge in [0, 0.05) is 15.7 Å². The molecular formula is C15H20N4OS. The zero-order valence-corrected chi connectivity index (χ0v) is 13.3. The summed E-state index contributed by atoms with van der Waals surface area (Å²) < 4.78 is 0. The third-order valence-corrected chi connectivity index (χ3v) is 4.29. The second kappa shape index (κ2) is 6.67. The Balaban J connectivity index is 2.07. The molecule has 0 spiro atoms. The summed E-state index contributed by atoms with van der Waals surface area (Å²) in [5.74, 6) is 0.517. The molecule has 0 aliphatic carbocycles. The topological polar surface area (TPSA) is 80.9 Å². The molecule has 2 rings (SSSR count). The van der Waals surface area contributed by atoms with Crippen molar-refractivity contribution in [2.45, 2.75) is 39.7 Å². The Kier molecular flexibility index (Phi) is 4.90. The molecule has 0 radical (unpaired) electrons. The fraction of sp³-hybridized carbons (Fsp3) is 0.400. The van der Waals surface area contributed by atoms with E-state index in [1.165, 1.54) is 11.1 Å². The first-order chi connectivity index (χ1) is 10.0. The summed E-state index contributed by atoms with van der Waals surface area (Å²) in [6.07, 6.45) is 2.51. The van der Waals surface area contributed by atoms with Crippen LogP contribution in [0.15, 0.2) is 18.3 Å². The summed E-state index contributed by atoms with van der Waals surface area (Å²) in [5.41, 5.74) is 6.36. The summed E-state index contributed by atoms with van der Waals surface area (Å²) in [5, 5.41) is 2.86. The van der Waals surface area contributed by atoms with Crippen LogP contribution in [0.1, 0.15) is 52.8 Å². The number of anilines is 1. The number of aryl methyl sites for hydroxylation is 1. The predicted octanol–water partition coefficient (Wildman–Crippen LogP) is 2.74. The molecule has 0 aliphatic rings.